The van der Waals surface area contributed by atoms with Crippen molar-refractivity contribution in [3.8, 4) is 0 Å². The first-order valence-electron chi connectivity index (χ1n) is 8.59. The van der Waals surface area contributed by atoms with Gasteiger partial charge in [-0.05, 0) is 31.5 Å². The van der Waals surface area contributed by atoms with Gasteiger partial charge in [-0.3, -0.25) is 0 Å². The molecule has 3 heterocycles. The minimum Gasteiger partial charge on any atom is -0.369 e. The Morgan fingerprint density at radius 1 is 1.04 bits per heavy atom. The van der Waals surface area contributed by atoms with Crippen molar-refractivity contribution in [2.75, 3.05) is 23.7 Å². The fourth-order valence-electron chi connectivity index (χ4n) is 2.44. The lowest BCUT2D eigenvalue weighted by Crippen LogP contribution is -2.29. The second-order valence-corrected chi connectivity index (χ2v) is 7.94. The Kier molecular flexibility index (Phi) is 5.85. The first kappa shape index (κ1) is 19.7. The summed E-state index contributed by atoms with van der Waals surface area (Å²) in [5.74, 6) is 2.45. The summed E-state index contributed by atoms with van der Waals surface area (Å²) >= 11 is 0. The van der Waals surface area contributed by atoms with Crippen molar-refractivity contribution in [2.45, 2.75) is 18.9 Å². The molecule has 0 fully saturated rings. The number of nitrogens with one attached hydrogen (secondary N) is 3. The quantitative estimate of drug-likeness (QED) is 0.482. The molecule has 0 aliphatic rings. The third-order valence-electron chi connectivity index (χ3n) is 3.69. The molecule has 10 nitrogen and oxygen atoms in total. The molecule has 0 saturated heterocycles. The first-order valence-corrected chi connectivity index (χ1v) is 10.1. The van der Waals surface area contributed by atoms with E-state index in [1.54, 1.807) is 30.8 Å². The van der Waals surface area contributed by atoms with E-state index in [4.69, 9.17) is 0 Å². The standard InChI is InChI=1S/C17H22N8O2S/c1-12-4-5-18-14(8-12)24-16-9-15(22-13(2)23-16)19-6-7-21-28(26,27)17-10-25(3)11-20-17/h4-5,8-11,21H,6-7H2,1-3H3,(H2,18,19,22,23,24). The van der Waals surface area contributed by atoms with Crippen LogP contribution >= 0.6 is 0 Å². The fourth-order valence-corrected chi connectivity index (χ4v) is 3.45. The van der Waals surface area contributed by atoms with E-state index in [1.807, 2.05) is 19.1 Å². The van der Waals surface area contributed by atoms with E-state index in [1.165, 1.54) is 12.5 Å². The Bertz CT molecular complexity index is 1060. The maximum atomic E-state index is 12.1. The van der Waals surface area contributed by atoms with Gasteiger partial charge in [-0.1, -0.05) is 0 Å². The van der Waals surface area contributed by atoms with Crippen LogP contribution in [-0.2, 0) is 17.1 Å². The number of aryl methyl sites for hydroxylation is 3. The highest BCUT2D eigenvalue weighted by molar-refractivity contribution is 7.89. The van der Waals surface area contributed by atoms with Crippen LogP contribution in [0, 0.1) is 13.8 Å². The summed E-state index contributed by atoms with van der Waals surface area (Å²) in [5, 5.41) is 6.22. The van der Waals surface area contributed by atoms with Gasteiger partial charge in [-0.25, -0.2) is 33.1 Å². The van der Waals surface area contributed by atoms with Crippen molar-refractivity contribution in [1.29, 1.82) is 0 Å². The molecule has 3 rings (SSSR count). The van der Waals surface area contributed by atoms with Crippen molar-refractivity contribution in [2.24, 2.45) is 7.05 Å². The molecular weight excluding hydrogens is 380 g/mol. The van der Waals surface area contributed by atoms with Crippen molar-refractivity contribution >= 4 is 27.5 Å². The number of hydrogen-bond donors (Lipinski definition) is 3. The molecule has 3 aromatic rings. The van der Waals surface area contributed by atoms with Crippen LogP contribution in [0.15, 0.2) is 41.9 Å². The molecule has 0 aliphatic heterocycles. The number of aromatic nitrogens is 5. The minimum atomic E-state index is -3.63. The largest absolute Gasteiger partial charge is 0.369 e. The van der Waals surface area contributed by atoms with Gasteiger partial charge in [-0.15, -0.1) is 0 Å². The van der Waals surface area contributed by atoms with E-state index < -0.39 is 10.0 Å². The molecule has 0 unspecified atom stereocenters. The number of anilines is 3. The molecule has 0 spiro atoms. The summed E-state index contributed by atoms with van der Waals surface area (Å²) in [6, 6.07) is 5.57. The maximum absolute atomic E-state index is 12.1. The van der Waals surface area contributed by atoms with Gasteiger partial charge in [0.2, 0.25) is 0 Å². The highest BCUT2D eigenvalue weighted by atomic mass is 32.2. The molecule has 3 N–H and O–H groups in total. The Morgan fingerprint density at radius 3 is 2.54 bits per heavy atom. The first-order chi connectivity index (χ1) is 13.3. The van der Waals surface area contributed by atoms with Gasteiger partial charge in [0, 0.05) is 38.6 Å². The number of nitrogens with zero attached hydrogens (tertiary/aromatic N) is 5. The maximum Gasteiger partial charge on any atom is 0.259 e. The molecule has 0 amide bonds. The Balaban J connectivity index is 1.58. The van der Waals surface area contributed by atoms with Crippen molar-refractivity contribution in [3.63, 3.8) is 0 Å². The van der Waals surface area contributed by atoms with E-state index in [-0.39, 0.29) is 11.6 Å². The van der Waals surface area contributed by atoms with Gasteiger partial charge in [-0.2, -0.15) is 0 Å². The van der Waals surface area contributed by atoms with Crippen LogP contribution in [0.3, 0.4) is 0 Å². The van der Waals surface area contributed by atoms with Crippen LogP contribution in [0.4, 0.5) is 17.5 Å². The molecule has 0 bridgehead atoms. The van der Waals surface area contributed by atoms with Crippen LogP contribution in [0.5, 0.6) is 0 Å². The predicted octanol–water partition coefficient (Wildman–Crippen LogP) is 1.36. The van der Waals surface area contributed by atoms with Gasteiger partial charge in [0.05, 0.1) is 6.33 Å². The molecule has 28 heavy (non-hydrogen) atoms. The summed E-state index contributed by atoms with van der Waals surface area (Å²) in [4.78, 5) is 16.8. The normalized spacial score (nSPS) is 11.4. The monoisotopic (exact) mass is 402 g/mol. The summed E-state index contributed by atoms with van der Waals surface area (Å²) in [7, 11) is -1.92. The van der Waals surface area contributed by atoms with Crippen LogP contribution in [0.25, 0.3) is 0 Å². The lowest BCUT2D eigenvalue weighted by Gasteiger charge is -2.10. The van der Waals surface area contributed by atoms with Gasteiger partial charge in [0.1, 0.15) is 23.3 Å². The van der Waals surface area contributed by atoms with Crippen LogP contribution in [-0.4, -0.2) is 46.0 Å². The van der Waals surface area contributed by atoms with Gasteiger partial charge < -0.3 is 15.2 Å². The second-order valence-electron chi connectivity index (χ2n) is 6.23. The highest BCUT2D eigenvalue weighted by Gasteiger charge is 2.16. The zero-order valence-electron chi connectivity index (χ0n) is 15.8. The smallest absolute Gasteiger partial charge is 0.259 e. The number of pyridine rings is 1. The van der Waals surface area contributed by atoms with Crippen molar-refractivity contribution in [3.05, 3.63) is 48.3 Å². The molecule has 0 aliphatic carbocycles. The van der Waals surface area contributed by atoms with Crippen LogP contribution in [0.2, 0.25) is 0 Å². The van der Waals surface area contributed by atoms with E-state index in [9.17, 15) is 8.42 Å². The van der Waals surface area contributed by atoms with Crippen LogP contribution < -0.4 is 15.4 Å². The molecule has 0 atom stereocenters. The van der Waals surface area contributed by atoms with Gasteiger partial charge >= 0.3 is 0 Å². The summed E-state index contributed by atoms with van der Waals surface area (Å²) < 4.78 is 28.4. The molecule has 11 heteroatoms. The third kappa shape index (κ3) is 5.24. The Morgan fingerprint density at radius 2 is 1.82 bits per heavy atom. The molecule has 0 saturated carbocycles. The minimum absolute atomic E-state index is 0.00924. The van der Waals surface area contributed by atoms with Gasteiger partial charge in [0.25, 0.3) is 10.0 Å². The van der Waals surface area contributed by atoms with E-state index >= 15 is 0 Å². The summed E-state index contributed by atoms with van der Waals surface area (Å²) in [6.07, 6.45) is 4.60. The van der Waals surface area contributed by atoms with Crippen LogP contribution in [0.1, 0.15) is 11.4 Å². The third-order valence-corrected chi connectivity index (χ3v) is 5.03. The summed E-state index contributed by atoms with van der Waals surface area (Å²) in [6.45, 7) is 4.30. The molecule has 3 aromatic heterocycles. The molecule has 0 aromatic carbocycles. The average molecular weight is 402 g/mol. The summed E-state index contributed by atoms with van der Waals surface area (Å²) in [5.41, 5.74) is 1.09. The number of imidazole rings is 1. The molecule has 0 radical (unpaired) electrons. The zero-order chi connectivity index (χ0) is 20.1. The number of rotatable bonds is 8. The van der Waals surface area contributed by atoms with E-state index in [0.717, 1.165) is 5.56 Å². The Hall–Kier alpha value is -3.05. The highest BCUT2D eigenvalue weighted by Crippen LogP contribution is 2.16. The number of hydrogen-bond acceptors (Lipinski definition) is 8. The number of sulfonamides is 1. The van der Waals surface area contributed by atoms with Crippen molar-refractivity contribution in [1.82, 2.24) is 29.2 Å². The second kappa shape index (κ2) is 8.31. The van der Waals surface area contributed by atoms with E-state index in [2.05, 4.69) is 35.3 Å². The van der Waals surface area contributed by atoms with Crippen molar-refractivity contribution < 1.29 is 8.42 Å². The Labute approximate surface area is 163 Å². The van der Waals surface area contributed by atoms with Gasteiger partial charge in [0.15, 0.2) is 5.03 Å². The SMILES string of the molecule is Cc1ccnc(Nc2cc(NCCNS(=O)(=O)c3cn(C)cn3)nc(C)n2)c1. The molecule has 148 valence electrons. The zero-order valence-corrected chi connectivity index (χ0v) is 16.7. The fraction of sp³-hybridized carbons (Fsp3) is 0.294. The molecular formula is C17H22N8O2S. The lowest BCUT2D eigenvalue weighted by atomic mass is 10.3. The lowest BCUT2D eigenvalue weighted by molar-refractivity contribution is 0.579. The van der Waals surface area contributed by atoms with E-state index in [0.29, 0.717) is 29.8 Å². The average Bonchev–Trinajstić information content (AvgIpc) is 3.06. The predicted molar refractivity (Wildman–Crippen MR) is 106 cm³/mol. The topological polar surface area (TPSA) is 127 Å².